The van der Waals surface area contributed by atoms with Gasteiger partial charge in [-0.15, -0.1) is 0 Å². The van der Waals surface area contributed by atoms with Crippen LogP contribution in [0.5, 0.6) is 0 Å². The molecule has 0 radical (unpaired) electrons. The van der Waals surface area contributed by atoms with Gasteiger partial charge in [-0.1, -0.05) is 25.3 Å². The number of anilines is 1. The maximum Gasteiger partial charge on any atom is 0.266 e. The highest BCUT2D eigenvalue weighted by Crippen LogP contribution is 2.28. The zero-order valence-electron chi connectivity index (χ0n) is 15.5. The molecule has 0 saturated heterocycles. The number of carbonyl (C=O) groups is 1. The van der Waals surface area contributed by atoms with Gasteiger partial charge in [0.25, 0.3) is 5.91 Å². The Balaban J connectivity index is 1.74. The zero-order chi connectivity index (χ0) is 18.5. The smallest absolute Gasteiger partial charge is 0.266 e. The lowest BCUT2D eigenvalue weighted by molar-refractivity contribution is -0.112. The summed E-state index contributed by atoms with van der Waals surface area (Å²) >= 11 is 0. The van der Waals surface area contributed by atoms with Crippen LogP contribution in [-0.4, -0.2) is 10.5 Å². The third-order valence-electron chi connectivity index (χ3n) is 4.89. The lowest BCUT2D eigenvalue weighted by atomic mass is 9.95. The Labute approximate surface area is 155 Å². The standard InChI is InChI=1S/C22H25N3O/c1-16-10-17(2)12-20(11-16)24-22(26)19(14-23)13-18-8-9-25(15-18)21-6-4-3-5-7-21/h8-13,15,21H,3-7H2,1-2H3,(H,24,26)/b19-13+. The van der Waals surface area contributed by atoms with Crippen molar-refractivity contribution in [3.63, 3.8) is 0 Å². The second-order valence-electron chi connectivity index (χ2n) is 7.18. The molecule has 1 heterocycles. The Morgan fingerprint density at radius 3 is 2.54 bits per heavy atom. The van der Waals surface area contributed by atoms with Crippen LogP contribution in [0.1, 0.15) is 54.8 Å². The molecule has 0 spiro atoms. The maximum absolute atomic E-state index is 12.5. The largest absolute Gasteiger partial charge is 0.351 e. The number of hydrogen-bond donors (Lipinski definition) is 1. The summed E-state index contributed by atoms with van der Waals surface area (Å²) in [5, 5.41) is 12.2. The fraction of sp³-hybridized carbons (Fsp3) is 0.364. The van der Waals surface area contributed by atoms with Gasteiger partial charge in [0.1, 0.15) is 11.6 Å². The summed E-state index contributed by atoms with van der Waals surface area (Å²) in [5.74, 6) is -0.372. The van der Waals surface area contributed by atoms with Gasteiger partial charge >= 0.3 is 0 Å². The first-order chi connectivity index (χ1) is 12.5. The third kappa shape index (κ3) is 4.43. The van der Waals surface area contributed by atoms with Gasteiger partial charge in [0, 0.05) is 24.1 Å². The molecule has 134 valence electrons. The molecule has 0 unspecified atom stereocenters. The molecule has 2 aromatic rings. The Kier molecular flexibility index (Phi) is 5.58. The number of benzene rings is 1. The SMILES string of the molecule is Cc1cc(C)cc(NC(=O)/C(C#N)=C/c2ccn(C3CCCCC3)c2)c1. The Morgan fingerprint density at radius 2 is 1.88 bits per heavy atom. The monoisotopic (exact) mass is 347 g/mol. The second kappa shape index (κ2) is 8.05. The molecule has 1 fully saturated rings. The molecule has 1 amide bonds. The van der Waals surface area contributed by atoms with Gasteiger partial charge in [-0.2, -0.15) is 5.26 Å². The van der Waals surface area contributed by atoms with Crippen molar-refractivity contribution in [2.45, 2.75) is 52.0 Å². The van der Waals surface area contributed by atoms with Gasteiger partial charge in [-0.3, -0.25) is 4.79 Å². The molecule has 1 aromatic carbocycles. The van der Waals surface area contributed by atoms with Gasteiger partial charge in [-0.25, -0.2) is 0 Å². The van der Waals surface area contributed by atoms with E-state index >= 15 is 0 Å². The lowest BCUT2D eigenvalue weighted by Crippen LogP contribution is -2.13. The van der Waals surface area contributed by atoms with Crippen molar-refractivity contribution >= 4 is 17.7 Å². The minimum atomic E-state index is -0.372. The number of rotatable bonds is 4. The highest BCUT2D eigenvalue weighted by molar-refractivity contribution is 6.09. The molecule has 1 N–H and O–H groups in total. The van der Waals surface area contributed by atoms with Crippen molar-refractivity contribution in [2.24, 2.45) is 0 Å². The van der Waals surface area contributed by atoms with E-state index in [1.54, 1.807) is 6.08 Å². The predicted molar refractivity (Wildman–Crippen MR) is 105 cm³/mol. The van der Waals surface area contributed by atoms with Crippen LogP contribution in [0.4, 0.5) is 5.69 Å². The number of nitriles is 1. The fourth-order valence-electron chi connectivity index (χ4n) is 3.68. The predicted octanol–water partition coefficient (Wildman–Crippen LogP) is 5.16. The second-order valence-corrected chi connectivity index (χ2v) is 7.18. The van der Waals surface area contributed by atoms with Gasteiger partial charge in [0.2, 0.25) is 0 Å². The first-order valence-electron chi connectivity index (χ1n) is 9.24. The third-order valence-corrected chi connectivity index (χ3v) is 4.89. The van der Waals surface area contributed by atoms with E-state index < -0.39 is 0 Å². The first kappa shape index (κ1) is 18.0. The molecule has 1 aromatic heterocycles. The van der Waals surface area contributed by atoms with Crippen LogP contribution in [-0.2, 0) is 4.79 Å². The number of nitrogens with zero attached hydrogens (tertiary/aromatic N) is 2. The molecular formula is C22H25N3O. The lowest BCUT2D eigenvalue weighted by Gasteiger charge is -2.23. The normalized spacial score (nSPS) is 15.5. The number of aryl methyl sites for hydroxylation is 2. The number of carbonyl (C=O) groups excluding carboxylic acids is 1. The van der Waals surface area contributed by atoms with Gasteiger partial charge in [0.05, 0.1) is 0 Å². The quantitative estimate of drug-likeness (QED) is 0.614. The Hall–Kier alpha value is -2.80. The van der Waals surface area contributed by atoms with E-state index in [2.05, 4.69) is 16.1 Å². The van der Waals surface area contributed by atoms with Gasteiger partial charge in [-0.05, 0) is 67.7 Å². The molecule has 3 rings (SSSR count). The van der Waals surface area contributed by atoms with E-state index in [1.807, 2.05) is 50.4 Å². The summed E-state index contributed by atoms with van der Waals surface area (Å²) < 4.78 is 2.22. The molecule has 4 nitrogen and oxygen atoms in total. The van der Waals surface area contributed by atoms with Gasteiger partial charge < -0.3 is 9.88 Å². The number of aromatic nitrogens is 1. The van der Waals surface area contributed by atoms with E-state index in [-0.39, 0.29) is 11.5 Å². The zero-order valence-corrected chi connectivity index (χ0v) is 15.5. The summed E-state index contributed by atoms with van der Waals surface area (Å²) in [5.41, 5.74) is 3.88. The Bertz CT molecular complexity index is 844. The summed E-state index contributed by atoms with van der Waals surface area (Å²) in [4.78, 5) is 12.5. The average molecular weight is 347 g/mol. The summed E-state index contributed by atoms with van der Waals surface area (Å²) in [7, 11) is 0. The van der Waals surface area contributed by atoms with Crippen molar-refractivity contribution in [2.75, 3.05) is 5.32 Å². The minimum absolute atomic E-state index is 0.116. The van der Waals surface area contributed by atoms with Crippen LogP contribution < -0.4 is 5.32 Å². The van der Waals surface area contributed by atoms with Crippen LogP contribution in [0.2, 0.25) is 0 Å². The number of amides is 1. The van der Waals surface area contributed by atoms with E-state index in [0.717, 1.165) is 16.7 Å². The molecule has 0 atom stereocenters. The molecule has 1 aliphatic rings. The number of nitrogens with one attached hydrogen (secondary N) is 1. The molecule has 26 heavy (non-hydrogen) atoms. The molecule has 1 saturated carbocycles. The van der Waals surface area contributed by atoms with Crippen molar-refractivity contribution in [3.05, 3.63) is 58.9 Å². The molecule has 4 heteroatoms. The van der Waals surface area contributed by atoms with Gasteiger partial charge in [0.15, 0.2) is 0 Å². The highest BCUT2D eigenvalue weighted by atomic mass is 16.1. The van der Waals surface area contributed by atoms with Crippen molar-refractivity contribution in [1.29, 1.82) is 5.26 Å². The van der Waals surface area contributed by atoms with E-state index in [0.29, 0.717) is 11.7 Å². The van der Waals surface area contributed by atoms with Crippen LogP contribution in [0, 0.1) is 25.2 Å². The summed E-state index contributed by atoms with van der Waals surface area (Å²) in [6.45, 7) is 3.97. The van der Waals surface area contributed by atoms with Crippen molar-refractivity contribution in [3.8, 4) is 6.07 Å². The van der Waals surface area contributed by atoms with E-state index in [4.69, 9.17) is 0 Å². The van der Waals surface area contributed by atoms with E-state index in [1.165, 1.54) is 32.1 Å². The minimum Gasteiger partial charge on any atom is -0.351 e. The Morgan fingerprint density at radius 1 is 1.19 bits per heavy atom. The van der Waals surface area contributed by atoms with Crippen LogP contribution in [0.15, 0.2) is 42.2 Å². The van der Waals surface area contributed by atoms with Crippen LogP contribution >= 0.6 is 0 Å². The summed E-state index contributed by atoms with van der Waals surface area (Å²) in [6.07, 6.45) is 12.0. The molecular weight excluding hydrogens is 322 g/mol. The van der Waals surface area contributed by atoms with Crippen LogP contribution in [0.25, 0.3) is 6.08 Å². The highest BCUT2D eigenvalue weighted by Gasteiger charge is 2.15. The molecule has 0 bridgehead atoms. The first-order valence-corrected chi connectivity index (χ1v) is 9.24. The topological polar surface area (TPSA) is 57.8 Å². The summed E-state index contributed by atoms with van der Waals surface area (Å²) in [6, 6.07) is 10.4. The molecule has 0 aliphatic heterocycles. The van der Waals surface area contributed by atoms with Crippen molar-refractivity contribution < 1.29 is 4.79 Å². The fourth-order valence-corrected chi connectivity index (χ4v) is 3.68. The molecule has 1 aliphatic carbocycles. The number of hydrogen-bond acceptors (Lipinski definition) is 2. The van der Waals surface area contributed by atoms with Crippen molar-refractivity contribution in [1.82, 2.24) is 4.57 Å². The maximum atomic E-state index is 12.5. The van der Waals surface area contributed by atoms with Crippen LogP contribution in [0.3, 0.4) is 0 Å². The van der Waals surface area contributed by atoms with E-state index in [9.17, 15) is 10.1 Å². The average Bonchev–Trinajstić information content (AvgIpc) is 3.08.